The van der Waals surface area contributed by atoms with Gasteiger partial charge in [-0.2, -0.15) is 0 Å². The van der Waals surface area contributed by atoms with Crippen LogP contribution in [-0.2, 0) is 4.79 Å². The molecular weight excluding hydrogens is 200 g/mol. The smallest absolute Gasteiger partial charge is 0.239 e. The molecule has 0 aliphatic carbocycles. The number of carbonyl (C=O) groups is 1. The Labute approximate surface area is 91.7 Å². The lowest BCUT2D eigenvalue weighted by Gasteiger charge is -2.31. The molecule has 4 heteroatoms. The van der Waals surface area contributed by atoms with Gasteiger partial charge in [0.05, 0.1) is 6.04 Å². The average molecular weight is 219 g/mol. The Kier molecular flexibility index (Phi) is 5.81. The maximum absolute atomic E-state index is 11.5. The number of carbonyl (C=O) groups excluding carboxylic acids is 1. The fourth-order valence-corrected chi connectivity index (χ4v) is 1.64. The van der Waals surface area contributed by atoms with Crippen molar-refractivity contribution in [2.45, 2.75) is 25.8 Å². The van der Waals surface area contributed by atoms with Gasteiger partial charge in [-0.05, 0) is 25.7 Å². The van der Waals surface area contributed by atoms with Gasteiger partial charge in [0.1, 0.15) is 0 Å². The summed E-state index contributed by atoms with van der Waals surface area (Å²) < 4.78 is 0. The zero-order valence-corrected chi connectivity index (χ0v) is 9.43. The van der Waals surface area contributed by atoms with Gasteiger partial charge in [-0.1, -0.05) is 6.08 Å². The van der Waals surface area contributed by atoms with Crippen LogP contribution in [0, 0.1) is 5.92 Å². The van der Waals surface area contributed by atoms with Crippen molar-refractivity contribution in [1.82, 2.24) is 4.90 Å². The van der Waals surface area contributed by atoms with Gasteiger partial charge in [-0.25, -0.2) is 0 Å². The minimum Gasteiger partial charge on any atom is -0.341 e. The van der Waals surface area contributed by atoms with Crippen LogP contribution in [0.25, 0.3) is 0 Å². The van der Waals surface area contributed by atoms with Crippen molar-refractivity contribution in [3.63, 3.8) is 0 Å². The highest BCUT2D eigenvalue weighted by Gasteiger charge is 2.22. The maximum Gasteiger partial charge on any atom is 0.239 e. The lowest BCUT2D eigenvalue weighted by atomic mass is 9.97. The van der Waals surface area contributed by atoms with E-state index in [4.69, 9.17) is 5.73 Å². The second-order valence-electron chi connectivity index (χ2n) is 3.69. The number of allylic oxidation sites excluding steroid dienone is 1. The monoisotopic (exact) mass is 218 g/mol. The summed E-state index contributed by atoms with van der Waals surface area (Å²) in [6.45, 7) is 7.16. The predicted octanol–water partition coefficient (Wildman–Crippen LogP) is 1.18. The maximum atomic E-state index is 11.5. The summed E-state index contributed by atoms with van der Waals surface area (Å²) in [6.07, 6.45) is 4.04. The Morgan fingerprint density at radius 2 is 2.07 bits per heavy atom. The molecule has 1 rings (SSSR count). The molecule has 0 spiro atoms. The van der Waals surface area contributed by atoms with E-state index in [2.05, 4.69) is 6.58 Å². The summed E-state index contributed by atoms with van der Waals surface area (Å²) in [4.78, 5) is 13.3. The van der Waals surface area contributed by atoms with Crippen molar-refractivity contribution in [3.05, 3.63) is 12.7 Å². The topological polar surface area (TPSA) is 46.3 Å². The van der Waals surface area contributed by atoms with Gasteiger partial charge in [0.25, 0.3) is 0 Å². The molecule has 14 heavy (non-hydrogen) atoms. The normalized spacial score (nSPS) is 19.7. The molecule has 1 amide bonds. The first-order valence-electron chi connectivity index (χ1n) is 4.82. The van der Waals surface area contributed by atoms with E-state index in [1.165, 1.54) is 0 Å². The highest BCUT2D eigenvalue weighted by molar-refractivity contribution is 5.85. The van der Waals surface area contributed by atoms with Gasteiger partial charge in [-0.15, -0.1) is 19.0 Å². The quantitative estimate of drug-likeness (QED) is 0.708. The zero-order chi connectivity index (χ0) is 9.84. The van der Waals surface area contributed by atoms with Crippen LogP contribution in [0.15, 0.2) is 12.7 Å². The van der Waals surface area contributed by atoms with Crippen molar-refractivity contribution in [2.75, 3.05) is 13.1 Å². The van der Waals surface area contributed by atoms with E-state index in [-0.39, 0.29) is 24.4 Å². The van der Waals surface area contributed by atoms with E-state index < -0.39 is 0 Å². The summed E-state index contributed by atoms with van der Waals surface area (Å²) in [7, 11) is 0. The van der Waals surface area contributed by atoms with E-state index in [0.717, 1.165) is 25.9 Å². The molecule has 1 heterocycles. The van der Waals surface area contributed by atoms with Crippen molar-refractivity contribution in [2.24, 2.45) is 11.7 Å². The van der Waals surface area contributed by atoms with Crippen molar-refractivity contribution >= 4 is 18.3 Å². The fourth-order valence-electron chi connectivity index (χ4n) is 1.64. The SMILES string of the molecule is C=CC1CCN(C(=O)[C@H](C)N)CC1.Cl. The summed E-state index contributed by atoms with van der Waals surface area (Å²) in [5.74, 6) is 0.652. The molecule has 0 unspecified atom stereocenters. The van der Waals surface area contributed by atoms with Crippen molar-refractivity contribution in [3.8, 4) is 0 Å². The predicted molar refractivity (Wildman–Crippen MR) is 60.4 cm³/mol. The Bertz CT molecular complexity index is 198. The molecular formula is C10H19ClN2O. The molecule has 1 aliphatic heterocycles. The Hall–Kier alpha value is -0.540. The summed E-state index contributed by atoms with van der Waals surface area (Å²) >= 11 is 0. The van der Waals surface area contributed by atoms with Gasteiger partial charge in [0.2, 0.25) is 5.91 Å². The van der Waals surface area contributed by atoms with Crippen molar-refractivity contribution in [1.29, 1.82) is 0 Å². The number of piperidine rings is 1. The van der Waals surface area contributed by atoms with E-state index in [0.29, 0.717) is 5.92 Å². The number of amides is 1. The summed E-state index contributed by atoms with van der Waals surface area (Å²) in [5, 5.41) is 0. The number of hydrogen-bond acceptors (Lipinski definition) is 2. The largest absolute Gasteiger partial charge is 0.341 e. The molecule has 0 aromatic carbocycles. The second kappa shape index (κ2) is 6.04. The van der Waals surface area contributed by atoms with E-state index in [1.54, 1.807) is 6.92 Å². The zero-order valence-electron chi connectivity index (χ0n) is 8.61. The van der Waals surface area contributed by atoms with Crippen LogP contribution in [0.5, 0.6) is 0 Å². The third-order valence-corrected chi connectivity index (χ3v) is 2.57. The van der Waals surface area contributed by atoms with Crippen LogP contribution in [0.2, 0.25) is 0 Å². The van der Waals surface area contributed by atoms with Crippen LogP contribution in [0.1, 0.15) is 19.8 Å². The van der Waals surface area contributed by atoms with Gasteiger partial charge in [-0.3, -0.25) is 4.79 Å². The molecule has 2 N–H and O–H groups in total. The van der Waals surface area contributed by atoms with Crippen LogP contribution < -0.4 is 5.73 Å². The highest BCUT2D eigenvalue weighted by Crippen LogP contribution is 2.17. The number of hydrogen-bond donors (Lipinski definition) is 1. The van der Waals surface area contributed by atoms with Crippen LogP contribution >= 0.6 is 12.4 Å². The molecule has 1 atom stereocenters. The van der Waals surface area contributed by atoms with Gasteiger partial charge < -0.3 is 10.6 Å². The van der Waals surface area contributed by atoms with E-state index in [1.807, 2.05) is 11.0 Å². The Balaban J connectivity index is 0.00000169. The second-order valence-corrected chi connectivity index (χ2v) is 3.69. The highest BCUT2D eigenvalue weighted by atomic mass is 35.5. The molecule has 0 bridgehead atoms. The Morgan fingerprint density at radius 1 is 1.57 bits per heavy atom. The van der Waals surface area contributed by atoms with Crippen LogP contribution in [0.3, 0.4) is 0 Å². The van der Waals surface area contributed by atoms with Gasteiger partial charge in [0, 0.05) is 13.1 Å². The lowest BCUT2D eigenvalue weighted by molar-refractivity contribution is -0.133. The minimum absolute atomic E-state index is 0. The molecule has 0 saturated carbocycles. The van der Waals surface area contributed by atoms with Crippen LogP contribution in [0.4, 0.5) is 0 Å². The molecule has 1 saturated heterocycles. The molecule has 1 fully saturated rings. The third-order valence-electron chi connectivity index (χ3n) is 2.57. The first-order valence-corrected chi connectivity index (χ1v) is 4.82. The van der Waals surface area contributed by atoms with Crippen molar-refractivity contribution < 1.29 is 4.79 Å². The summed E-state index contributed by atoms with van der Waals surface area (Å²) in [6, 6.07) is -0.361. The number of halogens is 1. The molecule has 82 valence electrons. The molecule has 0 aromatic heterocycles. The summed E-state index contributed by atoms with van der Waals surface area (Å²) in [5.41, 5.74) is 5.52. The number of nitrogens with zero attached hydrogens (tertiary/aromatic N) is 1. The molecule has 0 radical (unpaired) electrons. The number of likely N-dealkylation sites (tertiary alicyclic amines) is 1. The average Bonchev–Trinajstić information content (AvgIpc) is 2.17. The standard InChI is InChI=1S/C10H18N2O.ClH/c1-3-9-4-6-12(7-5-9)10(13)8(2)11;/h3,8-9H,1,4-7,11H2,2H3;1H/t8-;/m0./s1. The molecule has 0 aromatic rings. The molecule has 1 aliphatic rings. The molecule has 3 nitrogen and oxygen atoms in total. The minimum atomic E-state index is -0.361. The first-order chi connectivity index (χ1) is 6.15. The van der Waals surface area contributed by atoms with Gasteiger partial charge in [0.15, 0.2) is 0 Å². The lowest BCUT2D eigenvalue weighted by Crippen LogP contribution is -2.45. The van der Waals surface area contributed by atoms with Gasteiger partial charge >= 0.3 is 0 Å². The van der Waals surface area contributed by atoms with Crippen LogP contribution in [-0.4, -0.2) is 29.9 Å². The fraction of sp³-hybridized carbons (Fsp3) is 0.700. The number of rotatable bonds is 2. The number of nitrogens with two attached hydrogens (primary N) is 1. The van der Waals surface area contributed by atoms with E-state index >= 15 is 0 Å². The third kappa shape index (κ3) is 3.31. The first kappa shape index (κ1) is 13.5. The Morgan fingerprint density at radius 3 is 2.43 bits per heavy atom. The van der Waals surface area contributed by atoms with E-state index in [9.17, 15) is 4.79 Å².